The van der Waals surface area contributed by atoms with Crippen molar-refractivity contribution in [1.29, 1.82) is 0 Å². The lowest BCUT2D eigenvalue weighted by atomic mass is 10.1. The van der Waals surface area contributed by atoms with E-state index in [0.717, 1.165) is 37.9 Å². The predicted molar refractivity (Wildman–Crippen MR) is 78.7 cm³/mol. The van der Waals surface area contributed by atoms with Gasteiger partial charge in [-0.3, -0.25) is 4.99 Å². The number of likely N-dealkylation sites (tertiary alicyclic amines) is 1. The SMILES string of the molecule is CC(C)CSCCCN=C(N)N1CCCCC1. The van der Waals surface area contributed by atoms with Crippen LogP contribution in [0.2, 0.25) is 0 Å². The summed E-state index contributed by atoms with van der Waals surface area (Å²) < 4.78 is 0. The second-order valence-corrected chi connectivity index (χ2v) is 6.26. The zero-order valence-corrected chi connectivity index (χ0v) is 12.1. The number of hydrogen-bond donors (Lipinski definition) is 1. The Labute approximate surface area is 110 Å². The second-order valence-electron chi connectivity index (χ2n) is 5.11. The summed E-state index contributed by atoms with van der Waals surface area (Å²) in [4.78, 5) is 6.70. The van der Waals surface area contributed by atoms with E-state index < -0.39 is 0 Å². The fourth-order valence-corrected chi connectivity index (χ4v) is 2.87. The van der Waals surface area contributed by atoms with Crippen LogP contribution < -0.4 is 5.73 Å². The van der Waals surface area contributed by atoms with E-state index in [-0.39, 0.29) is 0 Å². The van der Waals surface area contributed by atoms with Crippen LogP contribution in [0, 0.1) is 5.92 Å². The number of guanidine groups is 1. The molecule has 0 amide bonds. The molecule has 2 N–H and O–H groups in total. The molecule has 0 aromatic heterocycles. The van der Waals surface area contributed by atoms with Crippen LogP contribution in [0.25, 0.3) is 0 Å². The molecule has 0 aromatic carbocycles. The first-order chi connectivity index (χ1) is 8.20. The van der Waals surface area contributed by atoms with Gasteiger partial charge in [-0.25, -0.2) is 0 Å². The van der Waals surface area contributed by atoms with E-state index in [9.17, 15) is 0 Å². The molecule has 17 heavy (non-hydrogen) atoms. The lowest BCUT2D eigenvalue weighted by molar-refractivity contribution is 0.338. The highest BCUT2D eigenvalue weighted by Crippen LogP contribution is 2.09. The van der Waals surface area contributed by atoms with Gasteiger partial charge in [0.05, 0.1) is 0 Å². The lowest BCUT2D eigenvalue weighted by Crippen LogP contribution is -2.40. The summed E-state index contributed by atoms with van der Waals surface area (Å²) in [5.41, 5.74) is 5.98. The van der Waals surface area contributed by atoms with E-state index in [0.29, 0.717) is 0 Å². The third-order valence-electron chi connectivity index (χ3n) is 2.85. The highest BCUT2D eigenvalue weighted by atomic mass is 32.2. The third kappa shape index (κ3) is 6.81. The van der Waals surface area contributed by atoms with Gasteiger partial charge >= 0.3 is 0 Å². The summed E-state index contributed by atoms with van der Waals surface area (Å²) in [6, 6.07) is 0. The Hall–Kier alpha value is -0.380. The minimum absolute atomic E-state index is 0.763. The van der Waals surface area contributed by atoms with Crippen molar-refractivity contribution in [1.82, 2.24) is 4.90 Å². The quantitative estimate of drug-likeness (QED) is 0.452. The largest absolute Gasteiger partial charge is 0.370 e. The second kappa shape index (κ2) is 8.67. The Bertz CT molecular complexity index is 223. The molecule has 0 radical (unpaired) electrons. The number of piperidine rings is 1. The van der Waals surface area contributed by atoms with E-state index >= 15 is 0 Å². The monoisotopic (exact) mass is 257 g/mol. The average molecular weight is 257 g/mol. The van der Waals surface area contributed by atoms with Crippen LogP contribution in [0.15, 0.2) is 4.99 Å². The molecule has 1 fully saturated rings. The first-order valence-electron chi connectivity index (χ1n) is 6.82. The molecule has 0 aliphatic carbocycles. The number of nitrogens with zero attached hydrogens (tertiary/aromatic N) is 2. The molecule has 0 aromatic rings. The van der Waals surface area contributed by atoms with Gasteiger partial charge in [0.15, 0.2) is 5.96 Å². The first-order valence-corrected chi connectivity index (χ1v) is 7.98. The maximum Gasteiger partial charge on any atom is 0.191 e. The van der Waals surface area contributed by atoms with Crippen LogP contribution in [0.1, 0.15) is 39.5 Å². The van der Waals surface area contributed by atoms with Crippen LogP contribution in [0.3, 0.4) is 0 Å². The number of thioether (sulfide) groups is 1. The van der Waals surface area contributed by atoms with Crippen molar-refractivity contribution in [2.24, 2.45) is 16.6 Å². The van der Waals surface area contributed by atoms with Crippen molar-refractivity contribution < 1.29 is 0 Å². The lowest BCUT2D eigenvalue weighted by Gasteiger charge is -2.27. The first kappa shape index (κ1) is 14.7. The molecule has 1 aliphatic rings. The van der Waals surface area contributed by atoms with E-state index in [1.807, 2.05) is 11.8 Å². The van der Waals surface area contributed by atoms with Gasteiger partial charge < -0.3 is 10.6 Å². The Morgan fingerprint density at radius 2 is 2.00 bits per heavy atom. The van der Waals surface area contributed by atoms with Crippen LogP contribution in [0.5, 0.6) is 0 Å². The van der Waals surface area contributed by atoms with Crippen LogP contribution in [-0.2, 0) is 0 Å². The fraction of sp³-hybridized carbons (Fsp3) is 0.923. The Morgan fingerprint density at radius 3 is 2.65 bits per heavy atom. The minimum Gasteiger partial charge on any atom is -0.370 e. The molecule has 0 bridgehead atoms. The van der Waals surface area contributed by atoms with Gasteiger partial charge in [-0.2, -0.15) is 11.8 Å². The molecular formula is C13H27N3S. The van der Waals surface area contributed by atoms with Crippen LogP contribution in [0.4, 0.5) is 0 Å². The Balaban J connectivity index is 2.06. The summed E-state index contributed by atoms with van der Waals surface area (Å²) in [6.45, 7) is 7.60. The van der Waals surface area contributed by atoms with Crippen molar-refractivity contribution in [3.05, 3.63) is 0 Å². The van der Waals surface area contributed by atoms with Gasteiger partial charge in [-0.15, -0.1) is 0 Å². The summed E-state index contributed by atoms with van der Waals surface area (Å²) in [6.07, 6.45) is 5.02. The summed E-state index contributed by atoms with van der Waals surface area (Å²) in [5.74, 6) is 4.01. The zero-order chi connectivity index (χ0) is 12.5. The topological polar surface area (TPSA) is 41.6 Å². The molecule has 0 saturated carbocycles. The standard InChI is InChI=1S/C13H27N3S/c1-12(2)11-17-10-6-7-15-13(14)16-8-4-3-5-9-16/h12H,3-11H2,1-2H3,(H2,14,15). The molecule has 3 nitrogen and oxygen atoms in total. The van der Waals surface area contributed by atoms with Gasteiger partial charge in [-0.1, -0.05) is 13.8 Å². The van der Waals surface area contributed by atoms with Crippen LogP contribution >= 0.6 is 11.8 Å². The van der Waals surface area contributed by atoms with E-state index in [1.54, 1.807) is 0 Å². The number of aliphatic imine (C=N–C) groups is 1. The normalized spacial score (nSPS) is 17.8. The number of rotatable bonds is 6. The van der Waals surface area contributed by atoms with E-state index in [2.05, 4.69) is 23.7 Å². The zero-order valence-electron chi connectivity index (χ0n) is 11.3. The highest BCUT2D eigenvalue weighted by molar-refractivity contribution is 7.99. The van der Waals surface area contributed by atoms with Gasteiger partial charge in [0.2, 0.25) is 0 Å². The van der Waals surface area contributed by atoms with E-state index in [1.165, 1.54) is 30.8 Å². The van der Waals surface area contributed by atoms with Gasteiger partial charge in [0.1, 0.15) is 0 Å². The number of hydrogen-bond acceptors (Lipinski definition) is 2. The average Bonchev–Trinajstić information content (AvgIpc) is 2.34. The van der Waals surface area contributed by atoms with Crippen LogP contribution in [-0.4, -0.2) is 42.0 Å². The molecule has 1 heterocycles. The van der Waals surface area contributed by atoms with Crippen molar-refractivity contribution in [2.75, 3.05) is 31.1 Å². The molecule has 4 heteroatoms. The summed E-state index contributed by atoms with van der Waals surface area (Å²) in [7, 11) is 0. The molecule has 1 aliphatic heterocycles. The smallest absolute Gasteiger partial charge is 0.191 e. The van der Waals surface area contributed by atoms with Crippen molar-refractivity contribution in [2.45, 2.75) is 39.5 Å². The number of nitrogens with two attached hydrogens (primary N) is 1. The fourth-order valence-electron chi connectivity index (χ4n) is 1.90. The molecule has 1 saturated heterocycles. The van der Waals surface area contributed by atoms with Gasteiger partial charge in [0.25, 0.3) is 0 Å². The Kier molecular flexibility index (Phi) is 7.49. The molecule has 100 valence electrons. The van der Waals surface area contributed by atoms with Crippen molar-refractivity contribution in [3.63, 3.8) is 0 Å². The minimum atomic E-state index is 0.763. The van der Waals surface area contributed by atoms with Crippen molar-refractivity contribution in [3.8, 4) is 0 Å². The molecule has 0 atom stereocenters. The third-order valence-corrected chi connectivity index (χ3v) is 4.33. The molecule has 1 rings (SSSR count). The maximum absolute atomic E-state index is 5.98. The van der Waals surface area contributed by atoms with Gasteiger partial charge in [-0.05, 0) is 43.1 Å². The molecule has 0 unspecified atom stereocenters. The maximum atomic E-state index is 5.98. The molecular weight excluding hydrogens is 230 g/mol. The highest BCUT2D eigenvalue weighted by Gasteiger charge is 2.11. The van der Waals surface area contributed by atoms with Crippen molar-refractivity contribution >= 4 is 17.7 Å². The van der Waals surface area contributed by atoms with E-state index in [4.69, 9.17) is 5.73 Å². The Morgan fingerprint density at radius 1 is 1.29 bits per heavy atom. The summed E-state index contributed by atoms with van der Waals surface area (Å²) >= 11 is 2.02. The predicted octanol–water partition coefficient (Wildman–Crippen LogP) is 2.57. The summed E-state index contributed by atoms with van der Waals surface area (Å²) in [5, 5.41) is 0. The van der Waals surface area contributed by atoms with Gasteiger partial charge in [0, 0.05) is 19.6 Å². The molecule has 0 spiro atoms.